The number of hydrogen-bond acceptors (Lipinski definition) is 5. The van der Waals surface area contributed by atoms with Crippen LogP contribution in [0.4, 0.5) is 0 Å². The van der Waals surface area contributed by atoms with Crippen molar-refractivity contribution in [1.82, 2.24) is 24.6 Å². The van der Waals surface area contributed by atoms with Gasteiger partial charge >= 0.3 is 0 Å². The first kappa shape index (κ1) is 18.0. The zero-order valence-electron chi connectivity index (χ0n) is 16.1. The van der Waals surface area contributed by atoms with E-state index in [1.807, 2.05) is 29.2 Å². The zero-order valence-corrected chi connectivity index (χ0v) is 16.1. The summed E-state index contributed by atoms with van der Waals surface area (Å²) in [5, 5.41) is 8.84. The summed E-state index contributed by atoms with van der Waals surface area (Å²) in [7, 11) is 3.76. The number of nitrogens with zero attached hydrogens (tertiary/aromatic N) is 5. The third-order valence-corrected chi connectivity index (χ3v) is 5.63. The molecule has 1 aromatic carbocycles. The lowest BCUT2D eigenvalue weighted by Crippen LogP contribution is -2.35. The second-order valence-electron chi connectivity index (χ2n) is 7.46. The Bertz CT molecular complexity index is 801. The van der Waals surface area contributed by atoms with Crippen LogP contribution >= 0.6 is 0 Å². The molecule has 1 atom stereocenters. The summed E-state index contributed by atoms with van der Waals surface area (Å²) >= 11 is 0. The molecule has 0 radical (unpaired) electrons. The highest BCUT2D eigenvalue weighted by molar-refractivity contribution is 5.77. The molecule has 1 unspecified atom stereocenters. The van der Waals surface area contributed by atoms with Crippen molar-refractivity contribution >= 4 is 5.91 Å². The number of amides is 1. The summed E-state index contributed by atoms with van der Waals surface area (Å²) in [6.07, 6.45) is 3.27. The molecule has 4 rings (SSSR count). The van der Waals surface area contributed by atoms with E-state index in [1.54, 1.807) is 7.11 Å². The molecule has 27 heavy (non-hydrogen) atoms. The van der Waals surface area contributed by atoms with Gasteiger partial charge in [0.05, 0.1) is 19.7 Å². The Kier molecular flexibility index (Phi) is 5.11. The number of aromatic nitrogens is 3. The predicted molar refractivity (Wildman–Crippen MR) is 101 cm³/mol. The van der Waals surface area contributed by atoms with Gasteiger partial charge in [0.1, 0.15) is 11.6 Å². The smallest absolute Gasteiger partial charge is 0.223 e. The van der Waals surface area contributed by atoms with Crippen LogP contribution in [0.3, 0.4) is 0 Å². The van der Waals surface area contributed by atoms with E-state index in [2.05, 4.69) is 26.7 Å². The fourth-order valence-corrected chi connectivity index (χ4v) is 4.07. The number of methoxy groups -OCH3 is 1. The van der Waals surface area contributed by atoms with E-state index in [4.69, 9.17) is 4.74 Å². The number of fused-ring (bicyclic) bond motifs is 1. The Hall–Kier alpha value is -2.41. The van der Waals surface area contributed by atoms with E-state index in [9.17, 15) is 4.79 Å². The topological polar surface area (TPSA) is 63.5 Å². The number of ether oxygens (including phenoxy) is 1. The Balaban J connectivity index is 1.42. The van der Waals surface area contributed by atoms with Crippen LogP contribution < -0.4 is 4.74 Å². The van der Waals surface area contributed by atoms with Gasteiger partial charge in [-0.25, -0.2) is 0 Å². The van der Waals surface area contributed by atoms with Crippen LogP contribution in [0.15, 0.2) is 24.3 Å². The van der Waals surface area contributed by atoms with Gasteiger partial charge in [-0.3, -0.25) is 9.69 Å². The molecule has 3 heterocycles. The number of hydrogen-bond donors (Lipinski definition) is 0. The van der Waals surface area contributed by atoms with Crippen molar-refractivity contribution in [3.8, 4) is 5.75 Å². The first-order valence-corrected chi connectivity index (χ1v) is 9.68. The normalized spacial score (nSPS) is 19.9. The number of carbonyl (C=O) groups is 1. The average molecular weight is 369 g/mol. The molecule has 7 heteroatoms. The van der Waals surface area contributed by atoms with Gasteiger partial charge in [0.2, 0.25) is 5.91 Å². The molecule has 144 valence electrons. The van der Waals surface area contributed by atoms with Crippen molar-refractivity contribution in [2.45, 2.75) is 44.8 Å². The third kappa shape index (κ3) is 3.69. The van der Waals surface area contributed by atoms with Crippen molar-refractivity contribution in [1.29, 1.82) is 0 Å². The van der Waals surface area contributed by atoms with Crippen molar-refractivity contribution in [2.24, 2.45) is 0 Å². The molecule has 1 amide bonds. The largest absolute Gasteiger partial charge is 0.497 e. The van der Waals surface area contributed by atoms with Crippen molar-refractivity contribution in [3.05, 3.63) is 41.5 Å². The van der Waals surface area contributed by atoms with E-state index < -0.39 is 0 Å². The highest BCUT2D eigenvalue weighted by Crippen LogP contribution is 2.32. The van der Waals surface area contributed by atoms with Crippen molar-refractivity contribution < 1.29 is 9.53 Å². The lowest BCUT2D eigenvalue weighted by atomic mass is 10.1. The monoisotopic (exact) mass is 369 g/mol. The lowest BCUT2D eigenvalue weighted by Gasteiger charge is -2.28. The molecule has 2 aliphatic heterocycles. The van der Waals surface area contributed by atoms with Gasteiger partial charge in [-0.1, -0.05) is 12.1 Å². The van der Waals surface area contributed by atoms with E-state index in [0.717, 1.165) is 68.4 Å². The van der Waals surface area contributed by atoms with Gasteiger partial charge in [-0.05, 0) is 44.0 Å². The molecule has 0 spiro atoms. The first-order chi connectivity index (χ1) is 13.2. The van der Waals surface area contributed by atoms with Crippen LogP contribution in [0.1, 0.15) is 42.5 Å². The molecular weight excluding hydrogens is 342 g/mol. The summed E-state index contributed by atoms with van der Waals surface area (Å²) in [5.74, 6) is 3.02. The Labute approximate surface area is 159 Å². The van der Waals surface area contributed by atoms with Gasteiger partial charge < -0.3 is 14.2 Å². The minimum absolute atomic E-state index is 0.0676. The molecule has 0 N–H and O–H groups in total. The summed E-state index contributed by atoms with van der Waals surface area (Å²) in [6, 6.07) is 8.01. The molecule has 1 aromatic heterocycles. The molecule has 7 nitrogen and oxygen atoms in total. The number of likely N-dealkylation sites (N-methyl/N-ethyl adjacent to an activating group) is 1. The second-order valence-corrected chi connectivity index (χ2v) is 7.46. The maximum absolute atomic E-state index is 12.9. The quantitative estimate of drug-likeness (QED) is 0.807. The highest BCUT2D eigenvalue weighted by Gasteiger charge is 2.34. The Morgan fingerprint density at radius 1 is 1.19 bits per heavy atom. The van der Waals surface area contributed by atoms with Gasteiger partial charge in [-0.2, -0.15) is 0 Å². The first-order valence-electron chi connectivity index (χ1n) is 9.68. The summed E-state index contributed by atoms with van der Waals surface area (Å²) < 4.78 is 7.41. The molecule has 1 fully saturated rings. The molecule has 0 saturated carbocycles. The maximum atomic E-state index is 12.9. The minimum Gasteiger partial charge on any atom is -0.497 e. The molecule has 2 aliphatic rings. The number of benzene rings is 1. The summed E-state index contributed by atoms with van der Waals surface area (Å²) in [6.45, 7) is 3.54. The number of likely N-dealkylation sites (tertiary alicyclic amines) is 1. The van der Waals surface area contributed by atoms with Crippen LogP contribution in [0.2, 0.25) is 0 Å². The van der Waals surface area contributed by atoms with Crippen LogP contribution in [0.25, 0.3) is 0 Å². The van der Waals surface area contributed by atoms with Crippen molar-refractivity contribution in [3.63, 3.8) is 0 Å². The number of aryl methyl sites for hydroxylation is 1. The Morgan fingerprint density at radius 2 is 2.00 bits per heavy atom. The van der Waals surface area contributed by atoms with Crippen LogP contribution in [-0.2, 0) is 24.3 Å². The van der Waals surface area contributed by atoms with Crippen LogP contribution in [0.5, 0.6) is 5.75 Å². The van der Waals surface area contributed by atoms with Crippen LogP contribution in [0, 0.1) is 0 Å². The highest BCUT2D eigenvalue weighted by atomic mass is 16.5. The molecule has 2 aromatic rings. The molecule has 0 aliphatic carbocycles. The number of carbonyl (C=O) groups excluding carboxylic acids is 1. The molecule has 0 bridgehead atoms. The predicted octanol–water partition coefficient (Wildman–Crippen LogP) is 2.03. The van der Waals surface area contributed by atoms with Gasteiger partial charge in [0.15, 0.2) is 5.82 Å². The van der Waals surface area contributed by atoms with E-state index >= 15 is 0 Å². The van der Waals surface area contributed by atoms with Crippen molar-refractivity contribution in [2.75, 3.05) is 27.2 Å². The fourth-order valence-electron chi connectivity index (χ4n) is 4.07. The number of rotatable bonds is 5. The molecular formula is C20H27N5O2. The SMILES string of the molecule is COc1ccc(CCC(=O)N2CCCC2c2nnc3n2CCN(C)C3)cc1. The Morgan fingerprint density at radius 3 is 2.78 bits per heavy atom. The maximum Gasteiger partial charge on any atom is 0.223 e. The van der Waals surface area contributed by atoms with E-state index in [1.165, 1.54) is 0 Å². The summed E-state index contributed by atoms with van der Waals surface area (Å²) in [5.41, 5.74) is 1.16. The van der Waals surface area contributed by atoms with Crippen LogP contribution in [-0.4, -0.2) is 57.7 Å². The zero-order chi connectivity index (χ0) is 18.8. The van der Waals surface area contributed by atoms with Gasteiger partial charge in [-0.15, -0.1) is 10.2 Å². The van der Waals surface area contributed by atoms with Gasteiger partial charge in [0.25, 0.3) is 0 Å². The van der Waals surface area contributed by atoms with E-state index in [-0.39, 0.29) is 11.9 Å². The fraction of sp³-hybridized carbons (Fsp3) is 0.550. The van der Waals surface area contributed by atoms with E-state index in [0.29, 0.717) is 6.42 Å². The lowest BCUT2D eigenvalue weighted by molar-refractivity contribution is -0.132. The summed E-state index contributed by atoms with van der Waals surface area (Å²) in [4.78, 5) is 17.2. The standard InChI is InChI=1S/C20H27N5O2/c1-23-12-13-25-18(14-23)21-22-20(25)17-4-3-11-24(17)19(26)10-7-15-5-8-16(27-2)9-6-15/h5-6,8-9,17H,3-4,7,10-14H2,1-2H3. The average Bonchev–Trinajstić information content (AvgIpc) is 3.32. The van der Waals surface area contributed by atoms with Gasteiger partial charge in [0, 0.05) is 26.1 Å². The second kappa shape index (κ2) is 7.68. The third-order valence-electron chi connectivity index (χ3n) is 5.63. The minimum atomic E-state index is 0.0676. The molecule has 1 saturated heterocycles.